The molecule has 0 unspecified atom stereocenters. The molecule has 1 aliphatic rings. The van der Waals surface area contributed by atoms with Crippen LogP contribution in [0.4, 0.5) is 18.0 Å². The molecule has 0 radical (unpaired) electrons. The Morgan fingerprint density at radius 3 is 2.53 bits per heavy atom. The Morgan fingerprint density at radius 2 is 1.94 bits per heavy atom. The van der Waals surface area contributed by atoms with Gasteiger partial charge in [-0.25, -0.2) is 9.78 Å². The molecule has 186 valence electrons. The summed E-state index contributed by atoms with van der Waals surface area (Å²) in [6.07, 6.45) is -3.53. The molecule has 2 atom stereocenters. The van der Waals surface area contributed by atoms with Crippen LogP contribution in [0.1, 0.15) is 25.7 Å². The number of imidazole rings is 1. The lowest BCUT2D eigenvalue weighted by atomic mass is 10.0. The van der Waals surface area contributed by atoms with Crippen molar-refractivity contribution in [1.29, 1.82) is 0 Å². The van der Waals surface area contributed by atoms with E-state index >= 15 is 0 Å². The van der Waals surface area contributed by atoms with Gasteiger partial charge in [-0.05, 0) is 23.6 Å². The van der Waals surface area contributed by atoms with Crippen LogP contribution in [0.3, 0.4) is 0 Å². The summed E-state index contributed by atoms with van der Waals surface area (Å²) in [5.74, 6) is -0.298. The molecule has 8 nitrogen and oxygen atoms in total. The fourth-order valence-corrected chi connectivity index (χ4v) is 4.16. The molecule has 2 amide bonds. The molecule has 34 heavy (non-hydrogen) atoms. The highest BCUT2D eigenvalue weighted by Crippen LogP contribution is 2.29. The van der Waals surface area contributed by atoms with E-state index in [4.69, 9.17) is 0 Å². The Kier molecular flexibility index (Phi) is 8.24. The van der Waals surface area contributed by atoms with Crippen molar-refractivity contribution in [2.24, 2.45) is 5.92 Å². The first-order valence-corrected chi connectivity index (χ1v) is 11.5. The third-order valence-electron chi connectivity index (χ3n) is 5.61. The normalized spacial score (nSPS) is 18.1. The molecule has 1 fully saturated rings. The number of halogens is 4. The van der Waals surface area contributed by atoms with Gasteiger partial charge in [0.05, 0.1) is 25.5 Å². The second kappa shape index (κ2) is 10.8. The number of alkyl carbamates (subject to hydrolysis) is 1. The predicted octanol–water partition coefficient (Wildman–Crippen LogP) is 3.97. The van der Waals surface area contributed by atoms with Gasteiger partial charge in [-0.1, -0.05) is 41.9 Å². The molecule has 0 aliphatic carbocycles. The Labute approximate surface area is 204 Å². The summed E-state index contributed by atoms with van der Waals surface area (Å²) in [5.41, 5.74) is 1.52. The van der Waals surface area contributed by atoms with Gasteiger partial charge in [0.25, 0.3) is 0 Å². The van der Waals surface area contributed by atoms with Gasteiger partial charge in [0.15, 0.2) is 0 Å². The lowest BCUT2D eigenvalue weighted by Gasteiger charge is -2.42. The molecule has 0 spiro atoms. The fraction of sp³-hybridized carbons (Fsp3) is 0.500. The van der Waals surface area contributed by atoms with E-state index < -0.39 is 36.8 Å². The van der Waals surface area contributed by atoms with Crippen LogP contribution in [0, 0.1) is 5.92 Å². The number of hydrogen-bond acceptors (Lipinski definition) is 5. The van der Waals surface area contributed by atoms with Crippen molar-refractivity contribution >= 4 is 27.9 Å². The minimum Gasteiger partial charge on any atom is -0.453 e. The first kappa shape index (κ1) is 26.0. The first-order valence-electron chi connectivity index (χ1n) is 10.7. The van der Waals surface area contributed by atoms with Gasteiger partial charge in [0.1, 0.15) is 17.9 Å². The van der Waals surface area contributed by atoms with Crippen LogP contribution in [0.15, 0.2) is 34.9 Å². The molecule has 3 rings (SSSR count). The number of carbonyl (C=O) groups is 2. The number of aromatic amines is 1. The monoisotopic (exact) mass is 545 g/mol. The zero-order chi connectivity index (χ0) is 25.0. The maximum Gasteiger partial charge on any atom is 0.407 e. The van der Waals surface area contributed by atoms with Crippen molar-refractivity contribution < 1.29 is 27.5 Å². The van der Waals surface area contributed by atoms with Crippen LogP contribution in [0.5, 0.6) is 0 Å². The molecule has 2 aromatic rings. The Bertz CT molecular complexity index is 996. The molecule has 12 heteroatoms. The van der Waals surface area contributed by atoms with Gasteiger partial charge in [0.2, 0.25) is 5.91 Å². The van der Waals surface area contributed by atoms with Crippen LogP contribution in [0.25, 0.3) is 11.3 Å². The maximum atomic E-state index is 13.4. The van der Waals surface area contributed by atoms with Crippen LogP contribution in [-0.4, -0.2) is 77.3 Å². The molecule has 2 heterocycles. The van der Waals surface area contributed by atoms with E-state index in [1.165, 1.54) is 16.9 Å². The number of nitrogens with one attached hydrogen (secondary N) is 2. The molecule has 1 aliphatic heterocycles. The van der Waals surface area contributed by atoms with Crippen LogP contribution in [0.2, 0.25) is 0 Å². The third kappa shape index (κ3) is 6.50. The van der Waals surface area contributed by atoms with E-state index in [2.05, 4.69) is 36.0 Å². The summed E-state index contributed by atoms with van der Waals surface area (Å²) in [6, 6.07) is 5.82. The zero-order valence-electron chi connectivity index (χ0n) is 19.0. The lowest BCUT2D eigenvalue weighted by Crippen LogP contribution is -2.58. The lowest BCUT2D eigenvalue weighted by molar-refractivity contribution is -0.157. The third-order valence-corrected chi connectivity index (χ3v) is 6.14. The van der Waals surface area contributed by atoms with E-state index in [-0.39, 0.29) is 25.6 Å². The number of hydrogen-bond donors (Lipinski definition) is 2. The number of rotatable bonds is 6. The number of piperazine rings is 1. The average Bonchev–Trinajstić information content (AvgIpc) is 3.26. The van der Waals surface area contributed by atoms with Gasteiger partial charge in [-0.2, -0.15) is 13.2 Å². The van der Waals surface area contributed by atoms with Crippen molar-refractivity contribution in [3.05, 3.63) is 40.8 Å². The summed E-state index contributed by atoms with van der Waals surface area (Å²) in [5, 5.41) is 2.54. The second-order valence-electron chi connectivity index (χ2n) is 8.44. The molecule has 0 bridgehead atoms. The summed E-state index contributed by atoms with van der Waals surface area (Å²) < 4.78 is 44.8. The Morgan fingerprint density at radius 1 is 1.26 bits per heavy atom. The van der Waals surface area contributed by atoms with Gasteiger partial charge < -0.3 is 19.9 Å². The van der Waals surface area contributed by atoms with Crippen molar-refractivity contribution in [3.63, 3.8) is 0 Å². The molecule has 0 saturated carbocycles. The summed E-state index contributed by atoms with van der Waals surface area (Å²) in [6.45, 7) is 2.50. The fourth-order valence-electron chi connectivity index (χ4n) is 3.89. The molecular weight excluding hydrogens is 519 g/mol. The second-order valence-corrected chi connectivity index (χ2v) is 9.36. The van der Waals surface area contributed by atoms with E-state index in [1.54, 1.807) is 20.0 Å². The van der Waals surface area contributed by atoms with Crippen LogP contribution >= 0.6 is 15.9 Å². The Hall–Kier alpha value is -2.60. The molecule has 1 saturated heterocycles. The van der Waals surface area contributed by atoms with Crippen molar-refractivity contribution in [2.45, 2.75) is 32.1 Å². The van der Waals surface area contributed by atoms with Crippen molar-refractivity contribution in [3.8, 4) is 11.3 Å². The number of amides is 2. The van der Waals surface area contributed by atoms with Gasteiger partial charge >= 0.3 is 12.3 Å². The summed E-state index contributed by atoms with van der Waals surface area (Å²) >= 11 is 3.38. The molecule has 1 aromatic carbocycles. The number of methoxy groups -OCH3 is 1. The zero-order valence-corrected chi connectivity index (χ0v) is 20.6. The standard InChI is InChI=1S/C22H27BrF3N5O3/c1-13(2)18(29-21(33)34-3)20(32)31-9-8-30(12-22(24,25)26)11-17(31)19-27-10-16(28-19)14-4-6-15(23)7-5-14/h4-7,10,13,17-18H,8-9,11-12H2,1-3H3,(H,27,28)(H,29,33)/t17-,18-/m0/s1. The van der Waals surface area contributed by atoms with E-state index in [0.717, 1.165) is 10.0 Å². The molecule has 2 N–H and O–H groups in total. The van der Waals surface area contributed by atoms with Gasteiger partial charge in [-0.3, -0.25) is 9.69 Å². The topological polar surface area (TPSA) is 90.6 Å². The SMILES string of the molecule is COC(=O)N[C@H](C(=O)N1CCN(CC(F)(F)F)C[C@H]1c1ncc(-c2ccc(Br)cc2)[nH]1)C(C)C. The number of aromatic nitrogens is 2. The molecule has 1 aromatic heterocycles. The number of H-pyrrole nitrogens is 1. The van der Waals surface area contributed by atoms with E-state index in [0.29, 0.717) is 11.5 Å². The maximum absolute atomic E-state index is 13.4. The van der Waals surface area contributed by atoms with Crippen molar-refractivity contribution in [2.75, 3.05) is 33.3 Å². The average molecular weight is 546 g/mol. The number of carbonyl (C=O) groups excluding carboxylic acids is 2. The highest BCUT2D eigenvalue weighted by atomic mass is 79.9. The minimum atomic E-state index is -4.37. The van der Waals surface area contributed by atoms with Gasteiger partial charge in [0, 0.05) is 24.1 Å². The number of alkyl halides is 3. The van der Waals surface area contributed by atoms with E-state index in [9.17, 15) is 22.8 Å². The van der Waals surface area contributed by atoms with E-state index in [1.807, 2.05) is 24.3 Å². The van der Waals surface area contributed by atoms with Crippen LogP contribution < -0.4 is 5.32 Å². The number of nitrogens with zero attached hydrogens (tertiary/aromatic N) is 3. The summed E-state index contributed by atoms with van der Waals surface area (Å²) in [4.78, 5) is 35.6. The largest absolute Gasteiger partial charge is 0.453 e. The van der Waals surface area contributed by atoms with Crippen molar-refractivity contribution in [1.82, 2.24) is 25.1 Å². The van der Waals surface area contributed by atoms with Gasteiger partial charge in [-0.15, -0.1) is 0 Å². The molecular formula is C22H27BrF3N5O3. The first-order chi connectivity index (χ1) is 16.0. The highest BCUT2D eigenvalue weighted by Gasteiger charge is 2.41. The highest BCUT2D eigenvalue weighted by molar-refractivity contribution is 9.10. The number of ether oxygens (including phenoxy) is 1. The predicted molar refractivity (Wildman–Crippen MR) is 123 cm³/mol. The summed E-state index contributed by atoms with van der Waals surface area (Å²) in [7, 11) is 1.20. The minimum absolute atomic E-state index is 0.0467. The quantitative estimate of drug-likeness (QED) is 0.573. The Balaban J connectivity index is 1.91. The smallest absolute Gasteiger partial charge is 0.407 e. The number of benzene rings is 1. The van der Waals surface area contributed by atoms with Crippen LogP contribution in [-0.2, 0) is 9.53 Å².